The number of rotatable bonds is 5. The van der Waals surface area contributed by atoms with Gasteiger partial charge in [-0.15, -0.1) is 0 Å². The van der Waals surface area contributed by atoms with Crippen molar-refractivity contribution in [3.05, 3.63) is 10.6 Å². The predicted octanol–water partition coefficient (Wildman–Crippen LogP) is 3.06. The van der Waals surface area contributed by atoms with Gasteiger partial charge in [0.15, 0.2) is 0 Å². The average molecular weight is 352 g/mol. The van der Waals surface area contributed by atoms with E-state index in [1.807, 2.05) is 27.7 Å². The molecule has 1 aliphatic rings. The molecular weight excluding hydrogens is 330 g/mol. The molecule has 19 heavy (non-hydrogen) atoms. The van der Waals surface area contributed by atoms with Gasteiger partial charge >= 0.3 is 5.97 Å². The van der Waals surface area contributed by atoms with Crippen LogP contribution < -0.4 is 0 Å². The summed E-state index contributed by atoms with van der Waals surface area (Å²) in [5.74, 6) is -0.180. The highest BCUT2D eigenvalue weighted by Gasteiger charge is 2.28. The van der Waals surface area contributed by atoms with Crippen molar-refractivity contribution in [2.24, 2.45) is 0 Å². The van der Waals surface area contributed by atoms with Crippen molar-refractivity contribution < 1.29 is 14.6 Å². The van der Waals surface area contributed by atoms with E-state index < -0.39 is 5.60 Å². The molecule has 0 aromatic carbocycles. The Hall–Kier alpha value is -0.200. The fourth-order valence-electron chi connectivity index (χ4n) is 1.79. The van der Waals surface area contributed by atoms with Gasteiger partial charge in [0.1, 0.15) is 9.88 Å². The first-order valence-electron chi connectivity index (χ1n) is 6.34. The molecule has 0 aromatic heterocycles. The fourth-order valence-corrected chi connectivity index (χ4v) is 4.10. The van der Waals surface area contributed by atoms with Crippen molar-refractivity contribution in [3.8, 4) is 0 Å². The van der Waals surface area contributed by atoms with E-state index in [1.165, 1.54) is 4.91 Å². The Kier molecular flexibility index (Phi) is 6.20. The van der Waals surface area contributed by atoms with E-state index in [4.69, 9.17) is 9.84 Å². The van der Waals surface area contributed by atoms with Crippen LogP contribution in [0.4, 0.5) is 0 Å². The zero-order valence-electron chi connectivity index (χ0n) is 11.9. The number of esters is 1. The van der Waals surface area contributed by atoms with Crippen LogP contribution >= 0.6 is 27.7 Å². The predicted molar refractivity (Wildman–Crippen MR) is 81.9 cm³/mol. The van der Waals surface area contributed by atoms with E-state index >= 15 is 0 Å². The second-order valence-corrected chi connectivity index (χ2v) is 8.07. The normalized spacial score (nSPS) is 20.1. The molecular formula is C13H22BrNO3S. The van der Waals surface area contributed by atoms with Crippen LogP contribution in [0.5, 0.6) is 0 Å². The summed E-state index contributed by atoms with van der Waals surface area (Å²) in [5, 5.41) is 9.01. The largest absolute Gasteiger partial charge is 0.460 e. The van der Waals surface area contributed by atoms with Crippen LogP contribution in [0.1, 0.15) is 40.5 Å². The van der Waals surface area contributed by atoms with Crippen LogP contribution in [0.3, 0.4) is 0 Å². The van der Waals surface area contributed by atoms with Crippen molar-refractivity contribution in [1.82, 2.24) is 4.90 Å². The molecule has 1 atom stereocenters. The molecule has 0 radical (unpaired) electrons. The van der Waals surface area contributed by atoms with Gasteiger partial charge in [0.2, 0.25) is 0 Å². The maximum absolute atomic E-state index is 11.7. The van der Waals surface area contributed by atoms with Gasteiger partial charge in [-0.2, -0.15) is 0 Å². The Morgan fingerprint density at radius 2 is 2.16 bits per heavy atom. The summed E-state index contributed by atoms with van der Waals surface area (Å²) >= 11 is 5.26. The Balaban J connectivity index is 2.51. The van der Waals surface area contributed by atoms with Gasteiger partial charge in [0, 0.05) is 30.2 Å². The third kappa shape index (κ3) is 5.36. The number of nitrogens with zero attached hydrogens (tertiary/aromatic N) is 1. The standard InChI is InChI=1S/C13H22BrNO3S/c1-9-10(6-8-16)19-12(14)15(9)7-5-11(17)18-13(2,3)4/h12,16H,5-8H2,1-4H3. The molecule has 4 nitrogen and oxygen atoms in total. The molecule has 0 saturated carbocycles. The van der Waals surface area contributed by atoms with E-state index in [0.717, 1.165) is 5.70 Å². The Bertz CT molecular complexity index is 365. The number of aliphatic hydroxyl groups is 1. The minimum atomic E-state index is -0.433. The summed E-state index contributed by atoms with van der Waals surface area (Å²) in [4.78, 5) is 15.0. The lowest BCUT2D eigenvalue weighted by molar-refractivity contribution is -0.155. The van der Waals surface area contributed by atoms with Gasteiger partial charge in [-0.3, -0.25) is 4.79 Å². The second-order valence-electron chi connectivity index (χ2n) is 5.42. The SMILES string of the molecule is CC1=C(CCO)SC(Br)N1CCC(=O)OC(C)(C)C. The third-order valence-electron chi connectivity index (χ3n) is 2.63. The van der Waals surface area contributed by atoms with Crippen LogP contribution in [0.25, 0.3) is 0 Å². The molecule has 1 rings (SSSR count). The first kappa shape index (κ1) is 16.9. The average Bonchev–Trinajstić information content (AvgIpc) is 2.50. The molecule has 110 valence electrons. The Labute approximate surface area is 127 Å². The van der Waals surface area contributed by atoms with Crippen molar-refractivity contribution in [3.63, 3.8) is 0 Å². The first-order chi connectivity index (χ1) is 8.74. The Morgan fingerprint density at radius 1 is 1.53 bits per heavy atom. The minimum Gasteiger partial charge on any atom is -0.460 e. The summed E-state index contributed by atoms with van der Waals surface area (Å²) in [5.41, 5.74) is 0.696. The zero-order chi connectivity index (χ0) is 14.6. The number of carbonyl (C=O) groups excluding carboxylic acids is 1. The molecule has 6 heteroatoms. The molecule has 1 heterocycles. The van der Waals surface area contributed by atoms with Crippen LogP contribution in [-0.2, 0) is 9.53 Å². The third-order valence-corrected chi connectivity index (χ3v) is 4.92. The van der Waals surface area contributed by atoms with E-state index in [2.05, 4.69) is 20.8 Å². The van der Waals surface area contributed by atoms with Crippen molar-refractivity contribution in [2.75, 3.05) is 13.2 Å². The number of carbonyl (C=O) groups is 1. The number of allylic oxidation sites excluding steroid dienone is 1. The maximum atomic E-state index is 11.7. The molecule has 0 amide bonds. The van der Waals surface area contributed by atoms with Crippen LogP contribution in [0, 0.1) is 0 Å². The molecule has 0 aromatic rings. The number of aliphatic hydroxyl groups excluding tert-OH is 1. The molecule has 1 aliphatic heterocycles. The van der Waals surface area contributed by atoms with Crippen LogP contribution in [0.15, 0.2) is 10.6 Å². The summed E-state index contributed by atoms with van der Waals surface area (Å²) in [6.45, 7) is 8.41. The monoisotopic (exact) mass is 351 g/mol. The number of ether oxygens (including phenoxy) is 1. The lowest BCUT2D eigenvalue weighted by Gasteiger charge is -2.25. The zero-order valence-corrected chi connectivity index (χ0v) is 14.3. The highest BCUT2D eigenvalue weighted by molar-refractivity contribution is 9.11. The van der Waals surface area contributed by atoms with Gasteiger partial charge in [-0.25, -0.2) is 0 Å². The minimum absolute atomic E-state index is 0.136. The van der Waals surface area contributed by atoms with E-state index in [-0.39, 0.29) is 16.9 Å². The first-order valence-corrected chi connectivity index (χ1v) is 8.14. The van der Waals surface area contributed by atoms with Crippen LogP contribution in [-0.4, -0.2) is 39.0 Å². The highest BCUT2D eigenvalue weighted by atomic mass is 79.9. The van der Waals surface area contributed by atoms with Crippen molar-refractivity contribution >= 4 is 33.7 Å². The molecule has 0 fully saturated rings. The summed E-state index contributed by atoms with van der Waals surface area (Å²) in [6.07, 6.45) is 1.03. The van der Waals surface area contributed by atoms with Gasteiger partial charge in [-0.05, 0) is 27.7 Å². The Morgan fingerprint density at radius 3 is 2.68 bits per heavy atom. The summed E-state index contributed by atoms with van der Waals surface area (Å²) < 4.78 is 5.43. The van der Waals surface area contributed by atoms with Crippen molar-refractivity contribution in [1.29, 1.82) is 0 Å². The van der Waals surface area contributed by atoms with Gasteiger partial charge in [0.25, 0.3) is 0 Å². The topological polar surface area (TPSA) is 49.8 Å². The number of thioether (sulfide) groups is 1. The molecule has 1 unspecified atom stereocenters. The number of halogens is 1. The van der Waals surface area contributed by atoms with E-state index in [9.17, 15) is 4.79 Å². The number of alkyl halides is 1. The lowest BCUT2D eigenvalue weighted by Crippen LogP contribution is -2.29. The molecule has 0 spiro atoms. The number of hydrogen-bond donors (Lipinski definition) is 1. The van der Waals surface area contributed by atoms with E-state index in [0.29, 0.717) is 19.4 Å². The van der Waals surface area contributed by atoms with Crippen molar-refractivity contribution in [2.45, 2.75) is 50.4 Å². The smallest absolute Gasteiger partial charge is 0.308 e. The second kappa shape index (κ2) is 6.99. The summed E-state index contributed by atoms with van der Waals surface area (Å²) in [6, 6.07) is 0. The van der Waals surface area contributed by atoms with Crippen LogP contribution in [0.2, 0.25) is 0 Å². The molecule has 0 bridgehead atoms. The van der Waals surface area contributed by atoms with E-state index in [1.54, 1.807) is 11.8 Å². The molecule has 1 N–H and O–H groups in total. The molecule has 0 aliphatic carbocycles. The maximum Gasteiger partial charge on any atom is 0.308 e. The lowest BCUT2D eigenvalue weighted by atomic mass is 10.2. The fraction of sp³-hybridized carbons (Fsp3) is 0.769. The molecule has 0 saturated heterocycles. The highest BCUT2D eigenvalue weighted by Crippen LogP contribution is 2.42. The van der Waals surface area contributed by atoms with Gasteiger partial charge < -0.3 is 14.7 Å². The number of hydrogen-bond acceptors (Lipinski definition) is 5. The van der Waals surface area contributed by atoms with Gasteiger partial charge in [-0.1, -0.05) is 27.7 Å². The van der Waals surface area contributed by atoms with Gasteiger partial charge in [0.05, 0.1) is 6.42 Å². The summed E-state index contributed by atoms with van der Waals surface area (Å²) in [7, 11) is 0. The quantitative estimate of drug-likeness (QED) is 0.468.